The number of carboxylic acids is 1. The molecule has 0 atom stereocenters. The molecule has 0 unspecified atom stereocenters. The molecule has 1 aliphatic rings. The first-order valence-electron chi connectivity index (χ1n) is 8.90. The van der Waals surface area contributed by atoms with E-state index in [2.05, 4.69) is 10.4 Å². The summed E-state index contributed by atoms with van der Waals surface area (Å²) in [6.07, 6.45) is 2.13. The Morgan fingerprint density at radius 2 is 1.92 bits per heavy atom. The van der Waals surface area contributed by atoms with Crippen molar-refractivity contribution in [2.75, 3.05) is 6.54 Å². The van der Waals surface area contributed by atoms with Gasteiger partial charge in [0, 0.05) is 12.2 Å². The van der Waals surface area contributed by atoms with Crippen LogP contribution in [0.3, 0.4) is 0 Å². The second kappa shape index (κ2) is 6.59. The standard InChI is InChI=1S/C20H25N3O3/c1-14-12-16(22-23(14)15-8-5-4-6-9-15)19(2,3)17(24)21-13-20(18(25)26)10-7-11-20/h4-6,8-9,12H,7,10-11,13H2,1-3H3,(H,21,24)(H,25,26). The second-order valence-electron chi connectivity index (χ2n) is 7.67. The van der Waals surface area contributed by atoms with E-state index in [-0.39, 0.29) is 12.5 Å². The molecular weight excluding hydrogens is 330 g/mol. The predicted octanol–water partition coefficient (Wildman–Crippen LogP) is 2.83. The van der Waals surface area contributed by atoms with E-state index < -0.39 is 16.8 Å². The Balaban J connectivity index is 1.77. The molecule has 1 saturated carbocycles. The smallest absolute Gasteiger partial charge is 0.311 e. The number of carbonyl (C=O) groups is 2. The number of para-hydroxylation sites is 1. The molecular formula is C20H25N3O3. The van der Waals surface area contributed by atoms with Gasteiger partial charge in [0.2, 0.25) is 5.91 Å². The van der Waals surface area contributed by atoms with Crippen molar-refractivity contribution in [3.63, 3.8) is 0 Å². The Hall–Kier alpha value is -2.63. The van der Waals surface area contributed by atoms with E-state index in [9.17, 15) is 14.7 Å². The van der Waals surface area contributed by atoms with Gasteiger partial charge in [-0.25, -0.2) is 4.68 Å². The van der Waals surface area contributed by atoms with Crippen molar-refractivity contribution in [1.29, 1.82) is 0 Å². The number of aryl methyl sites for hydroxylation is 1. The highest BCUT2D eigenvalue weighted by Gasteiger charge is 2.45. The van der Waals surface area contributed by atoms with E-state index >= 15 is 0 Å². The molecule has 6 heteroatoms. The summed E-state index contributed by atoms with van der Waals surface area (Å²) in [6, 6.07) is 11.7. The van der Waals surface area contributed by atoms with E-state index in [0.717, 1.165) is 17.8 Å². The number of carbonyl (C=O) groups excluding carboxylic acids is 1. The molecule has 1 aliphatic carbocycles. The third-order valence-electron chi connectivity index (χ3n) is 5.45. The molecule has 1 amide bonds. The van der Waals surface area contributed by atoms with Crippen LogP contribution >= 0.6 is 0 Å². The van der Waals surface area contributed by atoms with Crippen LogP contribution in [0.4, 0.5) is 0 Å². The van der Waals surface area contributed by atoms with Gasteiger partial charge in [-0.1, -0.05) is 24.6 Å². The number of nitrogens with one attached hydrogen (secondary N) is 1. The molecule has 3 rings (SSSR count). The third-order valence-corrected chi connectivity index (χ3v) is 5.45. The van der Waals surface area contributed by atoms with Crippen molar-refractivity contribution < 1.29 is 14.7 Å². The molecule has 0 spiro atoms. The van der Waals surface area contributed by atoms with Crippen molar-refractivity contribution in [2.45, 2.75) is 45.4 Å². The van der Waals surface area contributed by atoms with E-state index in [4.69, 9.17) is 0 Å². The number of hydrogen-bond donors (Lipinski definition) is 2. The van der Waals surface area contributed by atoms with E-state index in [0.29, 0.717) is 18.5 Å². The Labute approximate surface area is 153 Å². The maximum Gasteiger partial charge on any atom is 0.311 e. The Kier molecular flexibility index (Phi) is 4.61. The summed E-state index contributed by atoms with van der Waals surface area (Å²) in [5.41, 5.74) is 0.883. The first-order valence-corrected chi connectivity index (χ1v) is 8.90. The predicted molar refractivity (Wildman–Crippen MR) is 98.3 cm³/mol. The average molecular weight is 355 g/mol. The van der Waals surface area contributed by atoms with E-state index in [1.165, 1.54) is 0 Å². The van der Waals surface area contributed by atoms with E-state index in [1.54, 1.807) is 0 Å². The van der Waals surface area contributed by atoms with Crippen LogP contribution < -0.4 is 5.32 Å². The zero-order valence-corrected chi connectivity index (χ0v) is 15.5. The largest absolute Gasteiger partial charge is 0.481 e. The summed E-state index contributed by atoms with van der Waals surface area (Å²) in [4.78, 5) is 24.3. The zero-order chi connectivity index (χ0) is 18.9. The molecule has 1 fully saturated rings. The van der Waals surface area contributed by atoms with Gasteiger partial charge >= 0.3 is 5.97 Å². The monoisotopic (exact) mass is 355 g/mol. The molecule has 26 heavy (non-hydrogen) atoms. The number of rotatable bonds is 6. The van der Waals surface area contributed by atoms with Gasteiger partial charge in [-0.05, 0) is 51.8 Å². The molecule has 2 N–H and O–H groups in total. The third kappa shape index (κ3) is 3.11. The number of aromatic nitrogens is 2. The molecule has 1 aromatic carbocycles. The molecule has 138 valence electrons. The minimum atomic E-state index is -0.853. The number of aliphatic carboxylic acids is 1. The minimum Gasteiger partial charge on any atom is -0.481 e. The molecule has 0 saturated heterocycles. The van der Waals surface area contributed by atoms with Crippen molar-refractivity contribution in [3.05, 3.63) is 47.8 Å². The lowest BCUT2D eigenvalue weighted by molar-refractivity contribution is -0.154. The van der Waals surface area contributed by atoms with Gasteiger partial charge in [0.25, 0.3) is 0 Å². The van der Waals surface area contributed by atoms with Gasteiger partial charge in [0.15, 0.2) is 0 Å². The normalized spacial score (nSPS) is 16.0. The van der Waals surface area contributed by atoms with Gasteiger partial charge in [-0.2, -0.15) is 5.10 Å². The fourth-order valence-corrected chi connectivity index (χ4v) is 3.27. The van der Waals surface area contributed by atoms with Crippen LogP contribution in [-0.2, 0) is 15.0 Å². The van der Waals surface area contributed by atoms with Crippen LogP contribution in [0, 0.1) is 12.3 Å². The maximum atomic E-state index is 12.8. The second-order valence-corrected chi connectivity index (χ2v) is 7.67. The van der Waals surface area contributed by atoms with Gasteiger partial charge in [0.1, 0.15) is 0 Å². The lowest BCUT2D eigenvalue weighted by Gasteiger charge is -2.38. The molecule has 1 aromatic heterocycles. The highest BCUT2D eigenvalue weighted by Crippen LogP contribution is 2.40. The Morgan fingerprint density at radius 3 is 2.46 bits per heavy atom. The van der Waals surface area contributed by atoms with Crippen LogP contribution in [0.5, 0.6) is 0 Å². The molecule has 1 heterocycles. The number of carboxylic acid groups (broad SMARTS) is 1. The highest BCUT2D eigenvalue weighted by atomic mass is 16.4. The van der Waals surface area contributed by atoms with Crippen molar-refractivity contribution >= 4 is 11.9 Å². The van der Waals surface area contributed by atoms with Crippen LogP contribution in [0.25, 0.3) is 5.69 Å². The fraction of sp³-hybridized carbons (Fsp3) is 0.450. The number of benzene rings is 1. The summed E-state index contributed by atoms with van der Waals surface area (Å²) in [7, 11) is 0. The highest BCUT2D eigenvalue weighted by molar-refractivity contribution is 5.87. The van der Waals surface area contributed by atoms with Crippen LogP contribution in [0.1, 0.15) is 44.5 Å². The average Bonchev–Trinajstić information content (AvgIpc) is 2.96. The first kappa shape index (κ1) is 18.2. The Morgan fingerprint density at radius 1 is 1.27 bits per heavy atom. The topological polar surface area (TPSA) is 84.2 Å². The molecule has 2 aromatic rings. The van der Waals surface area contributed by atoms with Crippen LogP contribution in [0.2, 0.25) is 0 Å². The SMILES string of the molecule is Cc1cc(C(C)(C)C(=O)NCC2(C(=O)O)CCC2)nn1-c1ccccc1. The number of amides is 1. The number of hydrogen-bond acceptors (Lipinski definition) is 3. The zero-order valence-electron chi connectivity index (χ0n) is 15.5. The summed E-state index contributed by atoms with van der Waals surface area (Å²) >= 11 is 0. The molecule has 0 bridgehead atoms. The van der Waals surface area contributed by atoms with Gasteiger partial charge < -0.3 is 10.4 Å². The lowest BCUT2D eigenvalue weighted by Crippen LogP contribution is -2.51. The minimum absolute atomic E-state index is 0.170. The first-order chi connectivity index (χ1) is 12.3. The summed E-state index contributed by atoms with van der Waals surface area (Å²) in [5, 5.41) is 16.9. The summed E-state index contributed by atoms with van der Waals surface area (Å²) < 4.78 is 1.81. The summed E-state index contributed by atoms with van der Waals surface area (Å²) in [6.45, 7) is 5.75. The Bertz CT molecular complexity index is 820. The van der Waals surface area contributed by atoms with Crippen molar-refractivity contribution in [3.8, 4) is 5.69 Å². The van der Waals surface area contributed by atoms with Gasteiger partial charge in [0.05, 0.1) is 22.2 Å². The lowest BCUT2D eigenvalue weighted by atomic mass is 9.68. The van der Waals surface area contributed by atoms with E-state index in [1.807, 2.05) is 61.9 Å². The van der Waals surface area contributed by atoms with Crippen LogP contribution in [0.15, 0.2) is 36.4 Å². The van der Waals surface area contributed by atoms with Crippen molar-refractivity contribution in [1.82, 2.24) is 15.1 Å². The molecule has 0 radical (unpaired) electrons. The quantitative estimate of drug-likeness (QED) is 0.834. The fourth-order valence-electron chi connectivity index (χ4n) is 3.27. The maximum absolute atomic E-state index is 12.8. The van der Waals surface area contributed by atoms with Crippen molar-refractivity contribution in [2.24, 2.45) is 5.41 Å². The number of nitrogens with zero attached hydrogens (tertiary/aromatic N) is 2. The summed E-state index contributed by atoms with van der Waals surface area (Å²) in [5.74, 6) is -1.03. The van der Waals surface area contributed by atoms with Crippen LogP contribution in [-0.4, -0.2) is 33.3 Å². The van der Waals surface area contributed by atoms with Gasteiger partial charge in [-0.3, -0.25) is 9.59 Å². The van der Waals surface area contributed by atoms with Gasteiger partial charge in [-0.15, -0.1) is 0 Å². The molecule has 0 aliphatic heterocycles. The molecule has 6 nitrogen and oxygen atoms in total.